The molecule has 0 saturated carbocycles. The third kappa shape index (κ3) is 4.31. The van der Waals surface area contributed by atoms with Crippen LogP contribution < -0.4 is 0 Å². The van der Waals surface area contributed by atoms with Crippen molar-refractivity contribution in [3.05, 3.63) is 163 Å². The molecule has 1 aliphatic rings. The van der Waals surface area contributed by atoms with Gasteiger partial charge >= 0.3 is 0 Å². The van der Waals surface area contributed by atoms with Gasteiger partial charge in [-0.25, -0.2) is 9.97 Å². The summed E-state index contributed by atoms with van der Waals surface area (Å²) >= 11 is 0. The summed E-state index contributed by atoms with van der Waals surface area (Å²) in [7, 11) is 0. The zero-order valence-electron chi connectivity index (χ0n) is 26.3. The van der Waals surface area contributed by atoms with Gasteiger partial charge in [-0.2, -0.15) is 0 Å². The minimum atomic E-state index is -0.153. The fourth-order valence-electron chi connectivity index (χ4n) is 7.58. The molecule has 0 N–H and O–H groups in total. The Kier molecular flexibility index (Phi) is 6.16. The van der Waals surface area contributed by atoms with Gasteiger partial charge < -0.3 is 0 Å². The van der Waals surface area contributed by atoms with Gasteiger partial charge in [-0.3, -0.25) is 4.98 Å². The highest BCUT2D eigenvalue weighted by atomic mass is 14.9. The Morgan fingerprint density at radius 2 is 1.15 bits per heavy atom. The Bertz CT molecular complexity index is 2420. The SMILES string of the molecule is CC1(C)c2ccc3ccccc3c2-c2cccc(-c3ccc(-c4cc(-c5ccccn5)nc(-c5ccccc5)n4)c4ccccc34)c21. The first-order chi connectivity index (χ1) is 23.1. The van der Waals surface area contributed by atoms with Gasteiger partial charge in [0.05, 0.1) is 17.1 Å². The molecule has 3 nitrogen and oxygen atoms in total. The Balaban J connectivity index is 1.27. The van der Waals surface area contributed by atoms with E-state index in [4.69, 9.17) is 9.97 Å². The van der Waals surface area contributed by atoms with Gasteiger partial charge in [-0.05, 0) is 73.1 Å². The molecule has 1 aliphatic carbocycles. The second-order valence-electron chi connectivity index (χ2n) is 12.8. The first kappa shape index (κ1) is 27.4. The molecule has 0 bridgehead atoms. The number of hydrogen-bond acceptors (Lipinski definition) is 3. The topological polar surface area (TPSA) is 38.7 Å². The maximum Gasteiger partial charge on any atom is 0.160 e. The van der Waals surface area contributed by atoms with Crippen LogP contribution in [0.25, 0.3) is 77.8 Å². The summed E-state index contributed by atoms with van der Waals surface area (Å²) in [4.78, 5) is 14.7. The van der Waals surface area contributed by atoms with Crippen LogP contribution in [0.5, 0.6) is 0 Å². The van der Waals surface area contributed by atoms with E-state index in [-0.39, 0.29) is 5.41 Å². The molecule has 0 unspecified atom stereocenters. The molecule has 2 heterocycles. The van der Waals surface area contributed by atoms with E-state index in [1.54, 1.807) is 0 Å². The van der Waals surface area contributed by atoms with E-state index in [2.05, 4.69) is 128 Å². The van der Waals surface area contributed by atoms with Crippen LogP contribution >= 0.6 is 0 Å². The lowest BCUT2D eigenvalue weighted by Gasteiger charge is -2.25. The summed E-state index contributed by atoms with van der Waals surface area (Å²) in [6, 6.07) is 51.6. The van der Waals surface area contributed by atoms with E-state index in [0.717, 1.165) is 33.6 Å². The number of benzene rings is 6. The molecule has 6 aromatic carbocycles. The number of rotatable bonds is 4. The fraction of sp³-hybridized carbons (Fsp3) is 0.0682. The van der Waals surface area contributed by atoms with Crippen LogP contribution in [0.15, 0.2) is 152 Å². The van der Waals surface area contributed by atoms with E-state index in [9.17, 15) is 0 Å². The van der Waals surface area contributed by atoms with Crippen molar-refractivity contribution in [1.29, 1.82) is 0 Å². The summed E-state index contributed by atoms with van der Waals surface area (Å²) in [5, 5.41) is 4.95. The van der Waals surface area contributed by atoms with Crippen molar-refractivity contribution >= 4 is 21.5 Å². The number of nitrogens with zero attached hydrogens (tertiary/aromatic N) is 3. The van der Waals surface area contributed by atoms with E-state index in [1.807, 2.05) is 42.6 Å². The first-order valence-electron chi connectivity index (χ1n) is 16.1. The van der Waals surface area contributed by atoms with Crippen LogP contribution in [0.2, 0.25) is 0 Å². The normalized spacial score (nSPS) is 13.1. The van der Waals surface area contributed by atoms with Crippen molar-refractivity contribution in [2.75, 3.05) is 0 Å². The third-order valence-corrected chi connectivity index (χ3v) is 9.74. The predicted octanol–water partition coefficient (Wildman–Crippen LogP) is 11.2. The van der Waals surface area contributed by atoms with Crippen LogP contribution in [0.1, 0.15) is 25.0 Å². The lowest BCUT2D eigenvalue weighted by atomic mass is 9.78. The van der Waals surface area contributed by atoms with Crippen LogP contribution in [-0.2, 0) is 5.41 Å². The first-order valence-corrected chi connectivity index (χ1v) is 16.1. The maximum absolute atomic E-state index is 5.15. The Labute approximate surface area is 274 Å². The van der Waals surface area contributed by atoms with Crippen LogP contribution in [-0.4, -0.2) is 15.0 Å². The summed E-state index contributed by atoms with van der Waals surface area (Å²) in [5.74, 6) is 0.685. The smallest absolute Gasteiger partial charge is 0.160 e. The summed E-state index contributed by atoms with van der Waals surface area (Å²) in [6.07, 6.45) is 1.81. The van der Waals surface area contributed by atoms with Gasteiger partial charge in [0.2, 0.25) is 0 Å². The highest BCUT2D eigenvalue weighted by molar-refractivity contribution is 6.08. The molecule has 2 aromatic heterocycles. The third-order valence-electron chi connectivity index (χ3n) is 9.74. The maximum atomic E-state index is 5.15. The average molecular weight is 602 g/mol. The van der Waals surface area contributed by atoms with Crippen molar-refractivity contribution in [3.8, 4) is 56.3 Å². The molecule has 0 fully saturated rings. The van der Waals surface area contributed by atoms with Gasteiger partial charge in [-0.15, -0.1) is 0 Å². The second-order valence-corrected chi connectivity index (χ2v) is 12.8. The number of aromatic nitrogens is 3. The van der Waals surface area contributed by atoms with E-state index < -0.39 is 0 Å². The van der Waals surface area contributed by atoms with Crippen LogP contribution in [0, 0.1) is 0 Å². The number of hydrogen-bond donors (Lipinski definition) is 0. The number of pyridine rings is 1. The molecule has 47 heavy (non-hydrogen) atoms. The average Bonchev–Trinajstić information content (AvgIpc) is 3.38. The van der Waals surface area contributed by atoms with Gasteiger partial charge in [-0.1, -0.05) is 141 Å². The molecule has 0 amide bonds. The summed E-state index contributed by atoms with van der Waals surface area (Å²) in [5.41, 5.74) is 12.4. The molecule has 0 saturated heterocycles. The molecular weight excluding hydrogens is 571 g/mol. The lowest BCUT2D eigenvalue weighted by molar-refractivity contribution is 0.662. The zero-order valence-corrected chi connectivity index (χ0v) is 26.3. The lowest BCUT2D eigenvalue weighted by Crippen LogP contribution is -2.16. The quantitative estimate of drug-likeness (QED) is 0.201. The van der Waals surface area contributed by atoms with Crippen molar-refractivity contribution in [2.24, 2.45) is 0 Å². The van der Waals surface area contributed by atoms with Crippen molar-refractivity contribution in [2.45, 2.75) is 19.3 Å². The highest BCUT2D eigenvalue weighted by Crippen LogP contribution is 2.55. The fourth-order valence-corrected chi connectivity index (χ4v) is 7.58. The van der Waals surface area contributed by atoms with Crippen LogP contribution in [0.4, 0.5) is 0 Å². The van der Waals surface area contributed by atoms with Crippen molar-refractivity contribution in [1.82, 2.24) is 15.0 Å². The standard InChI is InChI=1S/C44H31N3/c1-44(2)37-25-22-28-13-6-7-16-30(28)41(37)36-20-12-19-35(42(36)44)33-23-24-34(32-18-9-8-17-31(32)33)39-27-40(38-21-10-11-26-45-38)47-43(46-39)29-14-4-3-5-15-29/h3-27H,1-2H3. The summed E-state index contributed by atoms with van der Waals surface area (Å²) < 4.78 is 0. The van der Waals surface area contributed by atoms with E-state index in [0.29, 0.717) is 5.82 Å². The molecule has 0 spiro atoms. The largest absolute Gasteiger partial charge is 0.255 e. The number of fused-ring (bicyclic) bond motifs is 6. The van der Waals surface area contributed by atoms with Crippen LogP contribution in [0.3, 0.4) is 0 Å². The highest BCUT2D eigenvalue weighted by Gasteiger charge is 2.38. The molecule has 0 radical (unpaired) electrons. The predicted molar refractivity (Wildman–Crippen MR) is 194 cm³/mol. The van der Waals surface area contributed by atoms with E-state index >= 15 is 0 Å². The minimum Gasteiger partial charge on any atom is -0.255 e. The molecular formula is C44H31N3. The monoisotopic (exact) mass is 601 g/mol. The molecule has 9 rings (SSSR count). The Morgan fingerprint density at radius 3 is 1.96 bits per heavy atom. The van der Waals surface area contributed by atoms with Gasteiger partial charge in [0.1, 0.15) is 0 Å². The molecule has 222 valence electrons. The summed E-state index contributed by atoms with van der Waals surface area (Å²) in [6.45, 7) is 4.75. The zero-order chi connectivity index (χ0) is 31.5. The second kappa shape index (κ2) is 10.6. The van der Waals surface area contributed by atoms with Gasteiger partial charge in [0, 0.05) is 22.7 Å². The minimum absolute atomic E-state index is 0.153. The van der Waals surface area contributed by atoms with Crippen molar-refractivity contribution in [3.63, 3.8) is 0 Å². The van der Waals surface area contributed by atoms with E-state index in [1.165, 1.54) is 49.5 Å². The molecule has 3 heteroatoms. The van der Waals surface area contributed by atoms with Crippen molar-refractivity contribution < 1.29 is 0 Å². The Morgan fingerprint density at radius 1 is 0.468 bits per heavy atom. The molecule has 8 aromatic rings. The van der Waals surface area contributed by atoms with Gasteiger partial charge in [0.25, 0.3) is 0 Å². The molecule has 0 atom stereocenters. The molecule has 0 aliphatic heterocycles. The van der Waals surface area contributed by atoms with Gasteiger partial charge in [0.15, 0.2) is 5.82 Å². The Hall–Kier alpha value is -5.93.